The van der Waals surface area contributed by atoms with Crippen LogP contribution in [0.25, 0.3) is 0 Å². The monoisotopic (exact) mass is 327 g/mol. The van der Waals surface area contributed by atoms with E-state index in [1.165, 1.54) is 6.21 Å². The Hall–Kier alpha value is -1.55. The van der Waals surface area contributed by atoms with E-state index >= 15 is 0 Å². The molecule has 0 spiro atoms. The average molecular weight is 327 g/mol. The van der Waals surface area contributed by atoms with Gasteiger partial charge in [0.25, 0.3) is 0 Å². The van der Waals surface area contributed by atoms with E-state index in [4.69, 9.17) is 19.4 Å². The predicted octanol–water partition coefficient (Wildman–Crippen LogP) is -0.995. The molecule has 0 aliphatic carbocycles. The molecule has 8 nitrogen and oxygen atoms in total. The Bertz CT molecular complexity index is 482. The van der Waals surface area contributed by atoms with Crippen LogP contribution in [0, 0.1) is 0 Å². The molecule has 8 heteroatoms. The van der Waals surface area contributed by atoms with E-state index in [2.05, 4.69) is 5.16 Å². The number of aliphatic hydroxyl groups excluding tert-OH is 4. The molecule has 1 aromatic rings. The molecule has 3 unspecified atom stereocenters. The lowest BCUT2D eigenvalue weighted by atomic mass is 9.99. The highest BCUT2D eigenvalue weighted by molar-refractivity contribution is 5.57. The van der Waals surface area contributed by atoms with Crippen LogP contribution in [0.5, 0.6) is 0 Å². The Morgan fingerprint density at radius 2 is 1.83 bits per heavy atom. The zero-order valence-corrected chi connectivity index (χ0v) is 12.4. The van der Waals surface area contributed by atoms with Crippen LogP contribution in [0.2, 0.25) is 0 Å². The first-order valence-corrected chi connectivity index (χ1v) is 7.23. The Balaban J connectivity index is 1.71. The molecule has 1 aromatic carbocycles. The third-order valence-corrected chi connectivity index (χ3v) is 3.41. The number of benzene rings is 1. The highest BCUT2D eigenvalue weighted by Crippen LogP contribution is 2.21. The normalized spacial score (nSPS) is 31.4. The molecule has 0 aromatic heterocycles. The average Bonchev–Trinajstić information content (AvgIpc) is 2.58. The number of nitrogens with zero attached hydrogens (tertiary/aromatic N) is 1. The van der Waals surface area contributed by atoms with Crippen molar-refractivity contribution in [2.24, 2.45) is 5.16 Å². The largest absolute Gasteiger partial charge is 0.394 e. The van der Waals surface area contributed by atoms with Gasteiger partial charge in [0.15, 0.2) is 6.29 Å². The van der Waals surface area contributed by atoms with Crippen LogP contribution < -0.4 is 0 Å². The molecule has 2 rings (SSSR count). The van der Waals surface area contributed by atoms with Gasteiger partial charge in [-0.25, -0.2) is 0 Å². The minimum absolute atomic E-state index is 0.0303. The first-order valence-electron chi connectivity index (χ1n) is 7.23. The van der Waals surface area contributed by atoms with Gasteiger partial charge >= 0.3 is 0 Å². The van der Waals surface area contributed by atoms with Gasteiger partial charge in [0.1, 0.15) is 31.0 Å². The van der Waals surface area contributed by atoms with Crippen molar-refractivity contribution in [1.29, 1.82) is 0 Å². The van der Waals surface area contributed by atoms with Crippen molar-refractivity contribution in [3.8, 4) is 0 Å². The molecule has 0 saturated carbocycles. The maximum atomic E-state index is 9.76. The molecular formula is C15H21NO7. The fourth-order valence-corrected chi connectivity index (χ4v) is 2.11. The standard InChI is InChI=1S/C15H21NO7/c17-8-11-12(18)13(19)14(20)15(23-11)21-7-6-16-22-9-10-4-2-1-3-5-10/h1-6,11-15,17-20H,7-9H2/t11?,12-,13?,14?,15-/m0/s1. The SMILES string of the molecule is OCC1O[C@H](OCC=NOCc2ccccc2)C(O)C(O)[C@H]1O. The van der Waals surface area contributed by atoms with Gasteiger partial charge in [0.2, 0.25) is 0 Å². The molecule has 23 heavy (non-hydrogen) atoms. The number of aliphatic hydroxyl groups is 4. The van der Waals surface area contributed by atoms with Crippen molar-refractivity contribution in [1.82, 2.24) is 0 Å². The fraction of sp³-hybridized carbons (Fsp3) is 0.533. The zero-order valence-electron chi connectivity index (χ0n) is 12.4. The summed E-state index contributed by atoms with van der Waals surface area (Å²) in [7, 11) is 0. The van der Waals surface area contributed by atoms with Crippen LogP contribution >= 0.6 is 0 Å². The minimum atomic E-state index is -1.46. The van der Waals surface area contributed by atoms with E-state index in [9.17, 15) is 15.3 Å². The summed E-state index contributed by atoms with van der Waals surface area (Å²) in [5.41, 5.74) is 0.972. The number of rotatable bonds is 7. The Morgan fingerprint density at radius 3 is 2.52 bits per heavy atom. The Kier molecular flexibility index (Phi) is 6.90. The van der Waals surface area contributed by atoms with Gasteiger partial charge in [-0.15, -0.1) is 0 Å². The second-order valence-corrected chi connectivity index (χ2v) is 5.08. The summed E-state index contributed by atoms with van der Waals surface area (Å²) in [6.45, 7) is -0.214. The van der Waals surface area contributed by atoms with E-state index in [1.807, 2.05) is 30.3 Å². The third-order valence-electron chi connectivity index (χ3n) is 3.41. The van der Waals surface area contributed by atoms with E-state index < -0.39 is 37.3 Å². The molecule has 1 aliphatic rings. The second kappa shape index (κ2) is 8.92. The van der Waals surface area contributed by atoms with Crippen LogP contribution in [-0.4, -0.2) is 70.6 Å². The summed E-state index contributed by atoms with van der Waals surface area (Å²) in [4.78, 5) is 5.07. The first-order chi connectivity index (χ1) is 11.1. The van der Waals surface area contributed by atoms with Crippen LogP contribution in [0.15, 0.2) is 35.5 Å². The zero-order chi connectivity index (χ0) is 16.7. The third kappa shape index (κ3) is 4.96. The van der Waals surface area contributed by atoms with Gasteiger partial charge in [0.05, 0.1) is 19.4 Å². The van der Waals surface area contributed by atoms with Crippen molar-refractivity contribution >= 4 is 6.21 Å². The Labute approximate surface area is 133 Å². The smallest absolute Gasteiger partial charge is 0.187 e. The van der Waals surface area contributed by atoms with Gasteiger partial charge < -0.3 is 34.7 Å². The highest BCUT2D eigenvalue weighted by Gasteiger charge is 2.43. The molecule has 1 aliphatic heterocycles. The Morgan fingerprint density at radius 1 is 1.09 bits per heavy atom. The van der Waals surface area contributed by atoms with Crippen LogP contribution in [0.4, 0.5) is 0 Å². The van der Waals surface area contributed by atoms with Crippen LogP contribution in [0.1, 0.15) is 5.56 Å². The highest BCUT2D eigenvalue weighted by atomic mass is 16.7. The van der Waals surface area contributed by atoms with Crippen molar-refractivity contribution in [3.05, 3.63) is 35.9 Å². The van der Waals surface area contributed by atoms with Crippen molar-refractivity contribution in [2.45, 2.75) is 37.3 Å². The van der Waals surface area contributed by atoms with Crippen LogP contribution in [0.3, 0.4) is 0 Å². The molecule has 0 bridgehead atoms. The molecular weight excluding hydrogens is 306 g/mol. The molecule has 1 fully saturated rings. The van der Waals surface area contributed by atoms with E-state index in [0.717, 1.165) is 5.56 Å². The number of oxime groups is 1. The van der Waals surface area contributed by atoms with Gasteiger partial charge in [-0.1, -0.05) is 35.5 Å². The summed E-state index contributed by atoms with van der Waals surface area (Å²) >= 11 is 0. The number of ether oxygens (including phenoxy) is 2. The lowest BCUT2D eigenvalue weighted by Crippen LogP contribution is -2.59. The van der Waals surface area contributed by atoms with Crippen molar-refractivity contribution in [3.63, 3.8) is 0 Å². The lowest BCUT2D eigenvalue weighted by Gasteiger charge is -2.39. The second-order valence-electron chi connectivity index (χ2n) is 5.08. The molecule has 1 saturated heterocycles. The van der Waals surface area contributed by atoms with Crippen molar-refractivity contribution in [2.75, 3.05) is 13.2 Å². The maximum Gasteiger partial charge on any atom is 0.187 e. The van der Waals surface area contributed by atoms with Gasteiger partial charge in [-0.05, 0) is 5.56 Å². The summed E-state index contributed by atoms with van der Waals surface area (Å²) in [5, 5.41) is 41.7. The topological polar surface area (TPSA) is 121 Å². The van der Waals surface area contributed by atoms with Gasteiger partial charge in [-0.2, -0.15) is 0 Å². The minimum Gasteiger partial charge on any atom is -0.394 e. The summed E-state index contributed by atoms with van der Waals surface area (Å²) in [6.07, 6.45) is -5.12. The summed E-state index contributed by atoms with van der Waals surface area (Å²) in [6, 6.07) is 9.50. The lowest BCUT2D eigenvalue weighted by molar-refractivity contribution is -0.297. The summed E-state index contributed by atoms with van der Waals surface area (Å²) < 4.78 is 10.4. The molecule has 0 amide bonds. The predicted molar refractivity (Wildman–Crippen MR) is 79.4 cm³/mol. The maximum absolute atomic E-state index is 9.76. The van der Waals surface area contributed by atoms with E-state index in [1.54, 1.807) is 0 Å². The van der Waals surface area contributed by atoms with E-state index in [0.29, 0.717) is 6.61 Å². The van der Waals surface area contributed by atoms with Gasteiger partial charge in [0, 0.05) is 0 Å². The van der Waals surface area contributed by atoms with Gasteiger partial charge in [-0.3, -0.25) is 0 Å². The molecule has 1 heterocycles. The molecule has 5 atom stereocenters. The fourth-order valence-electron chi connectivity index (χ4n) is 2.11. The quantitative estimate of drug-likeness (QED) is 0.375. The molecule has 0 radical (unpaired) electrons. The van der Waals surface area contributed by atoms with Crippen molar-refractivity contribution < 1.29 is 34.7 Å². The first kappa shape index (κ1) is 17.8. The number of hydrogen-bond donors (Lipinski definition) is 4. The van der Waals surface area contributed by atoms with E-state index in [-0.39, 0.29) is 6.61 Å². The molecule has 128 valence electrons. The van der Waals surface area contributed by atoms with Crippen LogP contribution in [-0.2, 0) is 20.9 Å². The summed E-state index contributed by atoms with van der Waals surface area (Å²) in [5.74, 6) is 0. The molecule has 4 N–H and O–H groups in total. The number of hydrogen-bond acceptors (Lipinski definition) is 8.